The van der Waals surface area contributed by atoms with Crippen molar-refractivity contribution in [3.63, 3.8) is 0 Å². The summed E-state index contributed by atoms with van der Waals surface area (Å²) in [6, 6.07) is 7.26. The van der Waals surface area contributed by atoms with E-state index in [9.17, 15) is 9.90 Å². The van der Waals surface area contributed by atoms with Gasteiger partial charge < -0.3 is 25.4 Å². The average molecular weight is 426 g/mol. The zero-order chi connectivity index (χ0) is 21.7. The summed E-state index contributed by atoms with van der Waals surface area (Å²) in [7, 11) is 0. The highest BCUT2D eigenvalue weighted by Crippen LogP contribution is 2.26. The molecule has 3 N–H and O–H groups in total. The maximum absolute atomic E-state index is 12.8. The summed E-state index contributed by atoms with van der Waals surface area (Å²) >= 11 is 0. The molecule has 4 heterocycles. The molecule has 1 unspecified atom stereocenters. The number of likely N-dealkylation sites (tertiary alicyclic amines) is 2. The van der Waals surface area contributed by atoms with E-state index in [1.807, 2.05) is 18.3 Å². The monoisotopic (exact) mass is 425 g/mol. The minimum atomic E-state index is -0.890. The van der Waals surface area contributed by atoms with Crippen molar-refractivity contribution in [1.82, 2.24) is 19.8 Å². The molecular formula is C23H31N5O3. The SMILES string of the molecule is Nc1ccc(C(=O)N2CCCC(O)(CN3CCC(OCc4cccnc4)CC3)C2)cn1. The third-order valence-electron chi connectivity index (χ3n) is 6.14. The zero-order valence-corrected chi connectivity index (χ0v) is 17.8. The van der Waals surface area contributed by atoms with E-state index in [1.165, 1.54) is 6.20 Å². The Hall–Kier alpha value is -2.55. The molecule has 2 aromatic heterocycles. The van der Waals surface area contributed by atoms with Crippen LogP contribution in [-0.2, 0) is 11.3 Å². The number of carbonyl (C=O) groups is 1. The third-order valence-corrected chi connectivity index (χ3v) is 6.14. The number of rotatable bonds is 6. The van der Waals surface area contributed by atoms with Crippen molar-refractivity contribution in [1.29, 1.82) is 0 Å². The lowest BCUT2D eigenvalue weighted by Gasteiger charge is -2.43. The van der Waals surface area contributed by atoms with Crippen LogP contribution in [0.25, 0.3) is 0 Å². The molecule has 8 heteroatoms. The maximum atomic E-state index is 12.8. The van der Waals surface area contributed by atoms with E-state index >= 15 is 0 Å². The van der Waals surface area contributed by atoms with E-state index in [4.69, 9.17) is 10.5 Å². The van der Waals surface area contributed by atoms with Crippen molar-refractivity contribution >= 4 is 11.7 Å². The summed E-state index contributed by atoms with van der Waals surface area (Å²) in [4.78, 5) is 25.0. The maximum Gasteiger partial charge on any atom is 0.255 e. The molecule has 2 aliphatic rings. The van der Waals surface area contributed by atoms with Crippen LogP contribution in [0.2, 0.25) is 0 Å². The number of aromatic nitrogens is 2. The predicted molar refractivity (Wildman–Crippen MR) is 117 cm³/mol. The largest absolute Gasteiger partial charge is 0.387 e. The van der Waals surface area contributed by atoms with E-state index in [0.29, 0.717) is 44.0 Å². The van der Waals surface area contributed by atoms with Crippen LogP contribution in [0.15, 0.2) is 42.9 Å². The number of ether oxygens (including phenoxy) is 1. The lowest BCUT2D eigenvalue weighted by Crippen LogP contribution is -2.56. The fourth-order valence-electron chi connectivity index (χ4n) is 4.48. The molecule has 4 rings (SSSR count). The van der Waals surface area contributed by atoms with Crippen molar-refractivity contribution in [2.45, 2.75) is 44.0 Å². The number of nitrogens with two attached hydrogens (primary N) is 1. The van der Waals surface area contributed by atoms with Gasteiger partial charge in [-0.15, -0.1) is 0 Å². The number of amides is 1. The first kappa shape index (κ1) is 21.7. The lowest BCUT2D eigenvalue weighted by atomic mass is 9.91. The number of aliphatic hydroxyl groups is 1. The van der Waals surface area contributed by atoms with Gasteiger partial charge in [0.2, 0.25) is 0 Å². The molecule has 2 aromatic rings. The Morgan fingerprint density at radius 3 is 2.77 bits per heavy atom. The van der Waals surface area contributed by atoms with Gasteiger partial charge in [0.05, 0.1) is 30.4 Å². The number of pyridine rings is 2. The molecule has 0 saturated carbocycles. The number of piperidine rings is 2. The van der Waals surface area contributed by atoms with Crippen molar-refractivity contribution in [3.8, 4) is 0 Å². The van der Waals surface area contributed by atoms with Crippen LogP contribution in [-0.4, -0.2) is 75.2 Å². The van der Waals surface area contributed by atoms with E-state index in [-0.39, 0.29) is 12.0 Å². The highest BCUT2D eigenvalue weighted by Gasteiger charge is 2.37. The Bertz CT molecular complexity index is 855. The third kappa shape index (κ3) is 5.78. The Balaban J connectivity index is 1.26. The molecule has 31 heavy (non-hydrogen) atoms. The predicted octanol–water partition coefficient (Wildman–Crippen LogP) is 1.71. The highest BCUT2D eigenvalue weighted by molar-refractivity contribution is 5.94. The van der Waals surface area contributed by atoms with Gasteiger partial charge in [-0.3, -0.25) is 9.78 Å². The summed E-state index contributed by atoms with van der Waals surface area (Å²) in [5, 5.41) is 11.2. The van der Waals surface area contributed by atoms with Crippen molar-refractivity contribution in [3.05, 3.63) is 54.0 Å². The molecule has 0 aliphatic carbocycles. The van der Waals surface area contributed by atoms with Crippen LogP contribution in [0, 0.1) is 0 Å². The van der Waals surface area contributed by atoms with Crippen LogP contribution in [0.3, 0.4) is 0 Å². The van der Waals surface area contributed by atoms with Crippen molar-refractivity contribution in [2.75, 3.05) is 38.5 Å². The lowest BCUT2D eigenvalue weighted by molar-refractivity contribution is -0.0629. The highest BCUT2D eigenvalue weighted by atomic mass is 16.5. The molecule has 2 saturated heterocycles. The van der Waals surface area contributed by atoms with Crippen LogP contribution < -0.4 is 5.73 Å². The summed E-state index contributed by atoms with van der Waals surface area (Å²) in [6.45, 7) is 3.92. The summed E-state index contributed by atoms with van der Waals surface area (Å²) in [6.07, 6.45) is 8.70. The standard InChI is InChI=1S/C23H31N5O3/c24-21-5-4-19(14-26-21)22(29)28-10-2-8-23(30,17-28)16-27-11-6-20(7-12-27)31-15-18-3-1-9-25-13-18/h1,3-5,9,13-14,20,30H,2,6-8,10-12,15-17H2,(H2,24,26). The second kappa shape index (κ2) is 9.72. The Kier molecular flexibility index (Phi) is 6.80. The second-order valence-corrected chi connectivity index (χ2v) is 8.67. The molecule has 0 spiro atoms. The Morgan fingerprint density at radius 1 is 1.23 bits per heavy atom. The second-order valence-electron chi connectivity index (χ2n) is 8.67. The van der Waals surface area contributed by atoms with Gasteiger partial charge in [-0.05, 0) is 49.4 Å². The van der Waals surface area contributed by atoms with Gasteiger partial charge in [0.25, 0.3) is 5.91 Å². The molecule has 2 aliphatic heterocycles. The Morgan fingerprint density at radius 2 is 2.06 bits per heavy atom. The molecule has 0 radical (unpaired) electrons. The van der Waals surface area contributed by atoms with Gasteiger partial charge >= 0.3 is 0 Å². The van der Waals surface area contributed by atoms with Crippen molar-refractivity contribution in [2.24, 2.45) is 0 Å². The van der Waals surface area contributed by atoms with E-state index in [1.54, 1.807) is 23.2 Å². The smallest absolute Gasteiger partial charge is 0.255 e. The van der Waals surface area contributed by atoms with E-state index in [2.05, 4.69) is 14.9 Å². The molecule has 1 atom stereocenters. The number of nitrogens with zero attached hydrogens (tertiary/aromatic N) is 4. The minimum absolute atomic E-state index is 0.104. The Labute approximate surface area is 183 Å². The number of hydrogen-bond donors (Lipinski definition) is 2. The normalized spacial score (nSPS) is 23.1. The van der Waals surface area contributed by atoms with Gasteiger partial charge in [-0.25, -0.2) is 4.98 Å². The number of β-amino-alcohol motifs (C(OH)–C–C–N with tert-alkyl or cyclic N) is 1. The van der Waals surface area contributed by atoms with E-state index in [0.717, 1.165) is 37.9 Å². The number of carbonyl (C=O) groups excluding carboxylic acids is 1. The number of hydrogen-bond acceptors (Lipinski definition) is 7. The van der Waals surface area contributed by atoms with Crippen molar-refractivity contribution < 1.29 is 14.6 Å². The first-order valence-corrected chi connectivity index (χ1v) is 11.0. The fraction of sp³-hybridized carbons (Fsp3) is 0.522. The molecule has 1 amide bonds. The van der Waals surface area contributed by atoms with Crippen LogP contribution in [0.4, 0.5) is 5.82 Å². The first-order chi connectivity index (χ1) is 15.0. The molecular weight excluding hydrogens is 394 g/mol. The molecule has 166 valence electrons. The van der Waals surface area contributed by atoms with Gasteiger partial charge in [0, 0.05) is 44.8 Å². The number of anilines is 1. The van der Waals surface area contributed by atoms with E-state index < -0.39 is 5.60 Å². The summed E-state index contributed by atoms with van der Waals surface area (Å²) in [5.74, 6) is 0.285. The zero-order valence-electron chi connectivity index (χ0n) is 17.8. The summed E-state index contributed by atoms with van der Waals surface area (Å²) < 4.78 is 6.04. The van der Waals surface area contributed by atoms with Crippen LogP contribution in [0.5, 0.6) is 0 Å². The average Bonchev–Trinajstić information content (AvgIpc) is 2.79. The van der Waals surface area contributed by atoms with Gasteiger partial charge in [-0.2, -0.15) is 0 Å². The molecule has 0 aromatic carbocycles. The molecule has 0 bridgehead atoms. The molecule has 8 nitrogen and oxygen atoms in total. The molecule has 2 fully saturated rings. The van der Waals surface area contributed by atoms with Crippen LogP contribution >= 0.6 is 0 Å². The number of nitrogen functional groups attached to an aromatic ring is 1. The van der Waals surface area contributed by atoms with Gasteiger partial charge in [-0.1, -0.05) is 6.07 Å². The van der Waals surface area contributed by atoms with Gasteiger partial charge in [0.15, 0.2) is 0 Å². The fourth-order valence-corrected chi connectivity index (χ4v) is 4.48. The summed E-state index contributed by atoms with van der Waals surface area (Å²) in [5.41, 5.74) is 6.32. The minimum Gasteiger partial charge on any atom is -0.387 e. The van der Waals surface area contributed by atoms with Gasteiger partial charge in [0.1, 0.15) is 5.82 Å². The topological polar surface area (TPSA) is 105 Å². The first-order valence-electron chi connectivity index (χ1n) is 11.0. The quantitative estimate of drug-likeness (QED) is 0.726. The van der Waals surface area contributed by atoms with Crippen LogP contribution in [0.1, 0.15) is 41.6 Å².